The highest BCUT2D eigenvalue weighted by Crippen LogP contribution is 2.55. The second-order valence-electron chi connectivity index (χ2n) is 2.92. The molecule has 0 heterocycles. The molecule has 1 unspecified atom stereocenters. The van der Waals surface area contributed by atoms with Crippen LogP contribution in [-0.4, -0.2) is 32.2 Å². The summed E-state index contributed by atoms with van der Waals surface area (Å²) in [6.07, 6.45) is -0.383. The van der Waals surface area contributed by atoms with Crippen LogP contribution in [0.3, 0.4) is 0 Å². The molecular formula is C9H18FO5P. The Hall–Kier alpha value is -0.450. The van der Waals surface area contributed by atoms with Crippen molar-refractivity contribution < 1.29 is 27.5 Å². The molecule has 0 spiro atoms. The van der Waals surface area contributed by atoms with Gasteiger partial charge in [0.2, 0.25) is 5.91 Å². The van der Waals surface area contributed by atoms with Crippen LogP contribution in [0.15, 0.2) is 0 Å². The first-order valence-corrected chi connectivity index (χ1v) is 6.71. The second kappa shape index (κ2) is 7.76. The fourth-order valence-electron chi connectivity index (χ4n) is 1.06. The van der Waals surface area contributed by atoms with Crippen LogP contribution in [0.4, 0.5) is 4.39 Å². The number of hydrogen-bond donors (Lipinski definition) is 0. The molecule has 0 N–H and O–H groups in total. The minimum absolute atomic E-state index is 0.0932. The maximum absolute atomic E-state index is 13.6. The van der Waals surface area contributed by atoms with Gasteiger partial charge in [-0.2, -0.15) is 0 Å². The van der Waals surface area contributed by atoms with Crippen molar-refractivity contribution in [2.75, 3.05) is 20.3 Å². The third-order valence-electron chi connectivity index (χ3n) is 1.78. The van der Waals surface area contributed by atoms with Crippen LogP contribution < -0.4 is 0 Å². The minimum Gasteiger partial charge on any atom is -0.469 e. The summed E-state index contributed by atoms with van der Waals surface area (Å²) in [4.78, 5) is 10.8. The quantitative estimate of drug-likeness (QED) is 0.493. The van der Waals surface area contributed by atoms with E-state index in [2.05, 4.69) is 4.74 Å². The van der Waals surface area contributed by atoms with E-state index in [4.69, 9.17) is 9.05 Å². The number of carbonyl (C=O) groups excluding carboxylic acids is 1. The van der Waals surface area contributed by atoms with Gasteiger partial charge in [-0.15, -0.1) is 0 Å². The Morgan fingerprint density at radius 2 is 1.81 bits per heavy atom. The number of esters is 1. The van der Waals surface area contributed by atoms with Crippen molar-refractivity contribution in [1.29, 1.82) is 0 Å². The molecule has 0 aromatic carbocycles. The molecule has 7 heteroatoms. The fraction of sp³-hybridized carbons (Fsp3) is 0.889. The van der Waals surface area contributed by atoms with Gasteiger partial charge in [-0.3, -0.25) is 9.36 Å². The molecule has 0 bridgehead atoms. The maximum Gasteiger partial charge on any atom is 0.364 e. The van der Waals surface area contributed by atoms with Crippen LogP contribution in [0.25, 0.3) is 0 Å². The van der Waals surface area contributed by atoms with Crippen molar-refractivity contribution in [3.8, 4) is 0 Å². The molecule has 0 aromatic heterocycles. The number of rotatable bonds is 8. The van der Waals surface area contributed by atoms with E-state index in [9.17, 15) is 13.8 Å². The molecule has 5 nitrogen and oxygen atoms in total. The lowest BCUT2D eigenvalue weighted by atomic mass is 10.3. The predicted octanol–water partition coefficient (Wildman–Crippen LogP) is 2.50. The standard InChI is InChI=1S/C9H18FO5P/c1-4-14-16(12,15-5-2)8(10)6-7-9(11)13-3/h8H,4-7H2,1-3H3. The lowest BCUT2D eigenvalue weighted by Gasteiger charge is -2.20. The normalized spacial score (nSPS) is 13.5. The van der Waals surface area contributed by atoms with E-state index in [0.29, 0.717) is 0 Å². The monoisotopic (exact) mass is 256 g/mol. The minimum atomic E-state index is -3.75. The Kier molecular flexibility index (Phi) is 7.55. The molecule has 16 heavy (non-hydrogen) atoms. The van der Waals surface area contributed by atoms with Gasteiger partial charge in [-0.1, -0.05) is 0 Å². The molecule has 0 saturated carbocycles. The highest BCUT2D eigenvalue weighted by atomic mass is 31.2. The van der Waals surface area contributed by atoms with Gasteiger partial charge in [0.25, 0.3) is 0 Å². The number of halogens is 1. The highest BCUT2D eigenvalue weighted by Gasteiger charge is 2.35. The van der Waals surface area contributed by atoms with E-state index in [1.807, 2.05) is 0 Å². The van der Waals surface area contributed by atoms with Gasteiger partial charge >= 0.3 is 13.6 Å². The molecule has 0 aliphatic heterocycles. The zero-order valence-electron chi connectivity index (χ0n) is 9.77. The van der Waals surface area contributed by atoms with Crippen LogP contribution in [-0.2, 0) is 23.1 Å². The molecule has 0 aliphatic rings. The van der Waals surface area contributed by atoms with E-state index >= 15 is 0 Å². The number of methoxy groups -OCH3 is 1. The van der Waals surface area contributed by atoms with Gasteiger partial charge in [-0.25, -0.2) is 4.39 Å². The second-order valence-corrected chi connectivity index (χ2v) is 5.08. The molecule has 0 aromatic rings. The number of alkyl halides is 1. The van der Waals surface area contributed by atoms with E-state index in [0.717, 1.165) is 0 Å². The average molecular weight is 256 g/mol. The first kappa shape index (κ1) is 15.6. The molecule has 0 radical (unpaired) electrons. The summed E-state index contributed by atoms with van der Waals surface area (Å²) in [6.45, 7) is 3.38. The van der Waals surface area contributed by atoms with Crippen LogP contribution in [0.2, 0.25) is 0 Å². The zero-order chi connectivity index (χ0) is 12.6. The maximum atomic E-state index is 13.6. The first-order chi connectivity index (χ1) is 7.50. The number of hydrogen-bond acceptors (Lipinski definition) is 5. The lowest BCUT2D eigenvalue weighted by Crippen LogP contribution is -2.11. The van der Waals surface area contributed by atoms with E-state index in [1.54, 1.807) is 13.8 Å². The Morgan fingerprint density at radius 1 is 1.31 bits per heavy atom. The summed E-state index contributed by atoms with van der Waals surface area (Å²) in [6, 6.07) is 0. The third-order valence-corrected chi connectivity index (χ3v) is 3.96. The van der Waals surface area contributed by atoms with Gasteiger partial charge < -0.3 is 13.8 Å². The van der Waals surface area contributed by atoms with Crippen molar-refractivity contribution in [1.82, 2.24) is 0 Å². The van der Waals surface area contributed by atoms with Gasteiger partial charge in [0, 0.05) is 12.8 Å². The Morgan fingerprint density at radius 3 is 2.19 bits per heavy atom. The van der Waals surface area contributed by atoms with E-state index < -0.39 is 19.5 Å². The van der Waals surface area contributed by atoms with Crippen molar-refractivity contribution in [3.63, 3.8) is 0 Å². The van der Waals surface area contributed by atoms with Gasteiger partial charge in [-0.05, 0) is 13.8 Å². The summed E-state index contributed by atoms with van der Waals surface area (Å²) < 4.78 is 39.4. The van der Waals surface area contributed by atoms with E-state index in [-0.39, 0.29) is 26.1 Å². The van der Waals surface area contributed by atoms with Crippen molar-refractivity contribution >= 4 is 13.6 Å². The summed E-state index contributed by atoms with van der Waals surface area (Å²) >= 11 is 0. The summed E-state index contributed by atoms with van der Waals surface area (Å²) in [7, 11) is -2.54. The van der Waals surface area contributed by atoms with E-state index in [1.165, 1.54) is 7.11 Å². The summed E-state index contributed by atoms with van der Waals surface area (Å²) in [5, 5.41) is 0. The molecule has 0 aliphatic carbocycles. The molecule has 0 amide bonds. The first-order valence-electron chi connectivity index (χ1n) is 5.09. The zero-order valence-corrected chi connectivity index (χ0v) is 10.7. The SMILES string of the molecule is CCOP(=O)(OCC)C(F)CCC(=O)OC. The summed E-state index contributed by atoms with van der Waals surface area (Å²) in [5.41, 5.74) is 0. The van der Waals surface area contributed by atoms with Crippen LogP contribution in [0, 0.1) is 0 Å². The predicted molar refractivity (Wildman–Crippen MR) is 57.0 cm³/mol. The molecule has 1 atom stereocenters. The van der Waals surface area contributed by atoms with Crippen molar-refractivity contribution in [3.05, 3.63) is 0 Å². The summed E-state index contributed by atoms with van der Waals surface area (Å²) in [5.74, 6) is -2.35. The van der Waals surface area contributed by atoms with Gasteiger partial charge in [0.1, 0.15) is 0 Å². The number of carbonyl (C=O) groups is 1. The van der Waals surface area contributed by atoms with Gasteiger partial charge in [0.15, 0.2) is 0 Å². The largest absolute Gasteiger partial charge is 0.469 e. The van der Waals surface area contributed by atoms with Crippen LogP contribution in [0.5, 0.6) is 0 Å². The molecule has 0 rings (SSSR count). The number of ether oxygens (including phenoxy) is 1. The Balaban J connectivity index is 4.32. The van der Waals surface area contributed by atoms with Crippen LogP contribution >= 0.6 is 7.60 Å². The highest BCUT2D eigenvalue weighted by molar-refractivity contribution is 7.54. The average Bonchev–Trinajstić information content (AvgIpc) is 2.25. The molecule has 0 saturated heterocycles. The van der Waals surface area contributed by atoms with Gasteiger partial charge in [0.05, 0.1) is 20.3 Å². The fourth-order valence-corrected chi connectivity index (χ4v) is 2.62. The van der Waals surface area contributed by atoms with Crippen molar-refractivity contribution in [2.24, 2.45) is 0 Å². The van der Waals surface area contributed by atoms with Crippen molar-refractivity contribution in [2.45, 2.75) is 32.6 Å². The molecular weight excluding hydrogens is 238 g/mol. The molecule has 0 fully saturated rings. The lowest BCUT2D eigenvalue weighted by molar-refractivity contribution is -0.140. The molecule has 96 valence electrons. The Labute approximate surface area is 94.8 Å². The smallest absolute Gasteiger partial charge is 0.364 e. The topological polar surface area (TPSA) is 61.8 Å². The Bertz CT molecular complexity index is 248. The van der Waals surface area contributed by atoms with Crippen LogP contribution in [0.1, 0.15) is 26.7 Å². The third kappa shape index (κ3) is 5.05.